The summed E-state index contributed by atoms with van der Waals surface area (Å²) in [5, 5.41) is 12.4. The monoisotopic (exact) mass is 789 g/mol. The molecule has 8 rings (SSSR count). The number of nitrogens with zero attached hydrogens (tertiary/aromatic N) is 3. The fourth-order valence-electron chi connectivity index (χ4n) is 7.88. The van der Waals surface area contributed by atoms with Crippen molar-refractivity contribution in [3.63, 3.8) is 0 Å². The van der Waals surface area contributed by atoms with E-state index in [9.17, 15) is 23.1 Å². The van der Waals surface area contributed by atoms with Gasteiger partial charge in [0.25, 0.3) is 5.91 Å². The van der Waals surface area contributed by atoms with Gasteiger partial charge in [0.1, 0.15) is 12.4 Å². The molecule has 5 aromatic rings. The van der Waals surface area contributed by atoms with E-state index in [1.807, 2.05) is 66.7 Å². The lowest BCUT2D eigenvalue weighted by atomic mass is 9.94. The van der Waals surface area contributed by atoms with E-state index in [0.29, 0.717) is 58.7 Å². The number of halogens is 1. The minimum atomic E-state index is -3.30. The van der Waals surface area contributed by atoms with Crippen LogP contribution in [0, 0.1) is 0 Å². The number of benzene rings is 5. The van der Waals surface area contributed by atoms with Crippen molar-refractivity contribution < 1.29 is 32.6 Å². The number of methoxy groups -OCH3 is 1. The third-order valence-corrected chi connectivity index (χ3v) is 13.0. The zero-order valence-corrected chi connectivity index (χ0v) is 32.5. The molecule has 0 fully saturated rings. The molecular weight excluding hydrogens is 750 g/mol. The van der Waals surface area contributed by atoms with Gasteiger partial charge in [-0.25, -0.2) is 8.42 Å². The number of carbonyl (C=O) groups is 2. The molecule has 5 aromatic carbocycles. The van der Waals surface area contributed by atoms with Gasteiger partial charge in [-0.2, -0.15) is 0 Å². The summed E-state index contributed by atoms with van der Waals surface area (Å²) in [5.74, 6) is 1.01. The molecule has 3 heterocycles. The highest BCUT2D eigenvalue weighted by atomic mass is 35.5. The van der Waals surface area contributed by atoms with E-state index in [-0.39, 0.29) is 48.3 Å². The smallest absolute Gasteiger partial charge is 0.257 e. The number of hydrogen-bond acceptors (Lipinski definition) is 8. The topological polar surface area (TPSA) is 126 Å². The number of rotatable bonds is 10. The van der Waals surface area contributed by atoms with Gasteiger partial charge in [-0.1, -0.05) is 73.7 Å². The summed E-state index contributed by atoms with van der Waals surface area (Å²) >= 11 is 6.40. The summed E-state index contributed by atoms with van der Waals surface area (Å²) in [7, 11) is -1.78. The number of phenolic OH excluding ortho intramolecular Hbond substituents is 1. The van der Waals surface area contributed by atoms with Gasteiger partial charge in [0.2, 0.25) is 5.91 Å². The second-order valence-corrected chi connectivity index (χ2v) is 16.8. The van der Waals surface area contributed by atoms with Crippen LogP contribution >= 0.6 is 11.6 Å². The third kappa shape index (κ3) is 6.90. The molecule has 10 nitrogen and oxygen atoms in total. The van der Waals surface area contributed by atoms with Crippen LogP contribution in [0.25, 0.3) is 16.3 Å². The van der Waals surface area contributed by atoms with E-state index in [1.165, 1.54) is 7.11 Å². The average molecular weight is 790 g/mol. The first-order valence-corrected chi connectivity index (χ1v) is 20.7. The van der Waals surface area contributed by atoms with Crippen molar-refractivity contribution in [2.24, 2.45) is 4.99 Å². The molecule has 0 saturated carbocycles. The van der Waals surface area contributed by atoms with Crippen molar-refractivity contribution in [3.8, 4) is 17.2 Å². The number of aromatic hydroxyl groups is 1. The van der Waals surface area contributed by atoms with Crippen LogP contribution in [-0.4, -0.2) is 74.3 Å². The van der Waals surface area contributed by atoms with Gasteiger partial charge in [-0.3, -0.25) is 14.6 Å². The van der Waals surface area contributed by atoms with Crippen LogP contribution in [-0.2, 0) is 27.7 Å². The molecule has 12 heteroatoms. The van der Waals surface area contributed by atoms with Gasteiger partial charge in [-0.15, -0.1) is 11.6 Å². The van der Waals surface area contributed by atoms with Crippen molar-refractivity contribution in [1.82, 2.24) is 4.90 Å². The van der Waals surface area contributed by atoms with Crippen LogP contribution in [0.5, 0.6) is 17.2 Å². The molecule has 0 radical (unpaired) electrons. The molecule has 56 heavy (non-hydrogen) atoms. The minimum absolute atomic E-state index is 0.0374. The van der Waals surface area contributed by atoms with Gasteiger partial charge in [-0.05, 0) is 57.8 Å². The third-order valence-electron chi connectivity index (χ3n) is 10.9. The number of carbonyl (C=O) groups excluding carboxylic acids is 2. The maximum atomic E-state index is 13.9. The van der Waals surface area contributed by atoms with Gasteiger partial charge in [0, 0.05) is 48.6 Å². The molecular formula is C44H40ClN3O7S. The number of alkyl halides is 1. The van der Waals surface area contributed by atoms with E-state index in [1.54, 1.807) is 53.3 Å². The Bertz CT molecular complexity index is 2550. The zero-order valence-electron chi connectivity index (χ0n) is 30.9. The first kappa shape index (κ1) is 37.3. The fourth-order valence-corrected chi connectivity index (χ4v) is 9.01. The fraction of sp³-hybridized carbons (Fsp3) is 0.250. The SMILES string of the molecule is CCS(=O)(=O)c1ccc(C2=CCN3C(=O)c4cc(OC)c(OCc5cccc(CC(=O)N6C[C@@H](CCl)c7c6cc(O)c6ccccc76)c5)cc4N=C[C@@H]3C2)cc1. The Morgan fingerprint density at radius 3 is 2.48 bits per heavy atom. The molecule has 3 aliphatic rings. The number of amides is 2. The van der Waals surface area contributed by atoms with Crippen molar-refractivity contribution in [2.45, 2.75) is 43.2 Å². The Morgan fingerprint density at radius 2 is 1.73 bits per heavy atom. The maximum Gasteiger partial charge on any atom is 0.257 e. The molecule has 0 aliphatic carbocycles. The summed E-state index contributed by atoms with van der Waals surface area (Å²) in [4.78, 5) is 36.2. The highest BCUT2D eigenvalue weighted by molar-refractivity contribution is 7.91. The quantitative estimate of drug-likeness (QED) is 0.143. The average Bonchev–Trinajstić information content (AvgIpc) is 3.54. The molecule has 0 unspecified atom stereocenters. The standard InChI is InChI=1S/C44H40ClN3O7S/c1-3-56(52,53)33-13-11-29(12-14-33)30-15-16-47-32(19-30)24-46-37-21-41(40(54-2)20-36(37)44(47)51)55-26-28-8-6-7-27(17-28)18-42(50)48-25-31(23-45)43-35-10-5-4-9-34(35)39(49)22-38(43)48/h4-15,17,20-22,24,31-32,49H,3,16,18-19,23,25-26H2,1-2H3/t31-,32+/m1/s1. The predicted molar refractivity (Wildman–Crippen MR) is 219 cm³/mol. The molecule has 3 aliphatic heterocycles. The Labute approximate surface area is 330 Å². The summed E-state index contributed by atoms with van der Waals surface area (Å²) in [6.45, 7) is 2.61. The summed E-state index contributed by atoms with van der Waals surface area (Å²) in [6.07, 6.45) is 4.45. The predicted octanol–water partition coefficient (Wildman–Crippen LogP) is 7.85. The summed E-state index contributed by atoms with van der Waals surface area (Å²) in [6, 6.07) is 26.9. The number of phenols is 1. The molecule has 0 bridgehead atoms. The van der Waals surface area contributed by atoms with Crippen LogP contribution in [0.4, 0.5) is 11.4 Å². The van der Waals surface area contributed by atoms with Crippen LogP contribution < -0.4 is 14.4 Å². The van der Waals surface area contributed by atoms with E-state index in [4.69, 9.17) is 26.1 Å². The van der Waals surface area contributed by atoms with Crippen molar-refractivity contribution in [2.75, 3.05) is 36.7 Å². The summed E-state index contributed by atoms with van der Waals surface area (Å²) < 4.78 is 36.5. The van der Waals surface area contributed by atoms with Gasteiger partial charge < -0.3 is 24.4 Å². The highest BCUT2D eigenvalue weighted by Crippen LogP contribution is 2.45. The molecule has 0 saturated heterocycles. The first-order chi connectivity index (χ1) is 27.1. The molecule has 2 amide bonds. The van der Waals surface area contributed by atoms with Crippen LogP contribution in [0.1, 0.15) is 51.9 Å². The number of anilines is 1. The van der Waals surface area contributed by atoms with Crippen LogP contribution in [0.2, 0.25) is 0 Å². The van der Waals surface area contributed by atoms with Crippen molar-refractivity contribution in [3.05, 3.63) is 125 Å². The van der Waals surface area contributed by atoms with Crippen LogP contribution in [0.3, 0.4) is 0 Å². The van der Waals surface area contributed by atoms with E-state index >= 15 is 0 Å². The highest BCUT2D eigenvalue weighted by Gasteiger charge is 2.35. The number of ether oxygens (including phenoxy) is 2. The lowest BCUT2D eigenvalue weighted by Crippen LogP contribution is -2.43. The Balaban J connectivity index is 0.967. The van der Waals surface area contributed by atoms with E-state index < -0.39 is 9.84 Å². The lowest BCUT2D eigenvalue weighted by Gasteiger charge is -2.32. The molecule has 286 valence electrons. The second-order valence-electron chi connectivity index (χ2n) is 14.2. The van der Waals surface area contributed by atoms with E-state index in [2.05, 4.69) is 0 Å². The molecule has 2 atom stereocenters. The Hall–Kier alpha value is -5.65. The van der Waals surface area contributed by atoms with Crippen molar-refractivity contribution in [1.29, 1.82) is 0 Å². The number of fused-ring (bicyclic) bond motifs is 5. The van der Waals surface area contributed by atoms with Gasteiger partial charge >= 0.3 is 0 Å². The number of aliphatic imine (C=N–C) groups is 1. The maximum absolute atomic E-state index is 13.9. The first-order valence-electron chi connectivity index (χ1n) is 18.5. The largest absolute Gasteiger partial charge is 0.507 e. The van der Waals surface area contributed by atoms with Crippen LogP contribution in [0.15, 0.2) is 107 Å². The second kappa shape index (κ2) is 15.1. The van der Waals surface area contributed by atoms with Crippen molar-refractivity contribution >= 4 is 67.2 Å². The minimum Gasteiger partial charge on any atom is -0.507 e. The Kier molecular flexibility index (Phi) is 10.1. The summed E-state index contributed by atoms with van der Waals surface area (Å²) in [5.41, 5.74) is 6.12. The van der Waals surface area contributed by atoms with Gasteiger partial charge in [0.15, 0.2) is 21.3 Å². The molecule has 0 aromatic heterocycles. The molecule has 0 spiro atoms. The Morgan fingerprint density at radius 1 is 0.964 bits per heavy atom. The number of sulfone groups is 1. The normalized spacial score (nSPS) is 17.6. The zero-order chi connectivity index (χ0) is 39.1. The van der Waals surface area contributed by atoms with Gasteiger partial charge in [0.05, 0.1) is 47.2 Å². The lowest BCUT2D eigenvalue weighted by molar-refractivity contribution is -0.117. The van der Waals surface area contributed by atoms with E-state index in [0.717, 1.165) is 38.6 Å². The number of hydrogen-bond donors (Lipinski definition) is 1. The molecule has 1 N–H and O–H groups in total.